The van der Waals surface area contributed by atoms with Crippen LogP contribution in [0.25, 0.3) is 0 Å². The van der Waals surface area contributed by atoms with Gasteiger partial charge in [-0.3, -0.25) is 4.79 Å². The van der Waals surface area contributed by atoms with Gasteiger partial charge in [0.2, 0.25) is 0 Å². The van der Waals surface area contributed by atoms with E-state index in [1.54, 1.807) is 0 Å². The number of carboxylic acid groups (broad SMARTS) is 1. The fourth-order valence-corrected chi connectivity index (χ4v) is 0.657. The van der Waals surface area contributed by atoms with Crippen molar-refractivity contribution in [2.45, 2.75) is 25.7 Å². The van der Waals surface area contributed by atoms with Gasteiger partial charge in [-0.1, -0.05) is 18.2 Å². The standard InChI is InChI=1S/C9H14O2/c1-2-3-4-5-6-7-8-9(10)11/h2,5-6H,1,3-4,7-8H2,(H,10,11). The fourth-order valence-electron chi connectivity index (χ4n) is 0.657. The Balaban J connectivity index is 3.16. The van der Waals surface area contributed by atoms with Crippen LogP contribution in [-0.4, -0.2) is 11.1 Å². The summed E-state index contributed by atoms with van der Waals surface area (Å²) in [6.45, 7) is 3.58. The third kappa shape index (κ3) is 8.95. The van der Waals surface area contributed by atoms with Crippen molar-refractivity contribution in [3.63, 3.8) is 0 Å². The first-order chi connectivity index (χ1) is 5.27. The molecule has 0 fully saturated rings. The predicted molar refractivity (Wildman–Crippen MR) is 45.4 cm³/mol. The molecular formula is C9H14O2. The van der Waals surface area contributed by atoms with Crippen LogP contribution in [0.2, 0.25) is 0 Å². The van der Waals surface area contributed by atoms with Crippen molar-refractivity contribution in [1.82, 2.24) is 0 Å². The van der Waals surface area contributed by atoms with Crippen LogP contribution in [0.15, 0.2) is 24.8 Å². The first kappa shape index (κ1) is 9.95. The van der Waals surface area contributed by atoms with Crippen molar-refractivity contribution in [2.24, 2.45) is 0 Å². The van der Waals surface area contributed by atoms with Gasteiger partial charge in [0.05, 0.1) is 0 Å². The molecule has 0 amide bonds. The van der Waals surface area contributed by atoms with Gasteiger partial charge in [-0.2, -0.15) is 0 Å². The third-order valence-corrected chi connectivity index (χ3v) is 1.23. The van der Waals surface area contributed by atoms with Crippen LogP contribution in [-0.2, 0) is 4.79 Å². The molecule has 2 heteroatoms. The molecule has 0 saturated heterocycles. The second kappa shape index (κ2) is 7.06. The first-order valence-electron chi connectivity index (χ1n) is 3.75. The Bertz CT molecular complexity index is 148. The van der Waals surface area contributed by atoms with Crippen molar-refractivity contribution < 1.29 is 9.90 Å². The lowest BCUT2D eigenvalue weighted by molar-refractivity contribution is -0.136. The number of carbonyl (C=O) groups is 1. The molecule has 0 unspecified atom stereocenters. The van der Waals surface area contributed by atoms with E-state index in [4.69, 9.17) is 5.11 Å². The number of hydrogen-bond acceptors (Lipinski definition) is 1. The highest BCUT2D eigenvalue weighted by atomic mass is 16.4. The van der Waals surface area contributed by atoms with Gasteiger partial charge < -0.3 is 5.11 Å². The van der Waals surface area contributed by atoms with Gasteiger partial charge in [-0.25, -0.2) is 0 Å². The molecule has 0 rings (SSSR count). The zero-order chi connectivity index (χ0) is 8.53. The summed E-state index contributed by atoms with van der Waals surface area (Å²) < 4.78 is 0. The summed E-state index contributed by atoms with van der Waals surface area (Å²) >= 11 is 0. The maximum atomic E-state index is 10.0. The minimum Gasteiger partial charge on any atom is -0.481 e. The summed E-state index contributed by atoms with van der Waals surface area (Å²) in [4.78, 5) is 10.0. The van der Waals surface area contributed by atoms with Crippen LogP contribution in [0, 0.1) is 0 Å². The maximum absolute atomic E-state index is 10.0. The molecule has 0 aliphatic carbocycles. The molecule has 0 aromatic heterocycles. The van der Waals surface area contributed by atoms with Crippen molar-refractivity contribution >= 4 is 5.97 Å². The van der Waals surface area contributed by atoms with E-state index in [2.05, 4.69) is 6.58 Å². The lowest BCUT2D eigenvalue weighted by Crippen LogP contribution is -1.91. The average Bonchev–Trinajstić information content (AvgIpc) is 1.96. The molecule has 62 valence electrons. The normalized spacial score (nSPS) is 10.2. The lowest BCUT2D eigenvalue weighted by atomic mass is 10.2. The molecule has 11 heavy (non-hydrogen) atoms. The molecular weight excluding hydrogens is 140 g/mol. The molecule has 2 nitrogen and oxygen atoms in total. The van der Waals surface area contributed by atoms with Crippen molar-refractivity contribution in [1.29, 1.82) is 0 Å². The van der Waals surface area contributed by atoms with Gasteiger partial charge in [0.1, 0.15) is 0 Å². The van der Waals surface area contributed by atoms with Gasteiger partial charge in [-0.15, -0.1) is 6.58 Å². The molecule has 0 aliphatic heterocycles. The monoisotopic (exact) mass is 154 g/mol. The van der Waals surface area contributed by atoms with E-state index in [0.29, 0.717) is 6.42 Å². The first-order valence-corrected chi connectivity index (χ1v) is 3.75. The summed E-state index contributed by atoms with van der Waals surface area (Å²) in [5.41, 5.74) is 0. The van der Waals surface area contributed by atoms with E-state index in [9.17, 15) is 4.79 Å². The van der Waals surface area contributed by atoms with E-state index < -0.39 is 5.97 Å². The molecule has 0 aliphatic rings. The molecule has 0 spiro atoms. The van der Waals surface area contributed by atoms with Gasteiger partial charge in [-0.05, 0) is 19.3 Å². The Morgan fingerprint density at radius 2 is 1.91 bits per heavy atom. The number of aliphatic carboxylic acids is 1. The number of rotatable bonds is 6. The lowest BCUT2D eigenvalue weighted by Gasteiger charge is -1.87. The number of allylic oxidation sites excluding steroid dienone is 3. The SMILES string of the molecule is C=CCCC=CCCC(=O)O. The van der Waals surface area contributed by atoms with Crippen LogP contribution in [0.1, 0.15) is 25.7 Å². The molecule has 0 saturated carbocycles. The Morgan fingerprint density at radius 1 is 1.27 bits per heavy atom. The van der Waals surface area contributed by atoms with Gasteiger partial charge in [0, 0.05) is 6.42 Å². The zero-order valence-electron chi connectivity index (χ0n) is 6.62. The van der Waals surface area contributed by atoms with Crippen LogP contribution < -0.4 is 0 Å². The molecule has 0 aromatic carbocycles. The van der Waals surface area contributed by atoms with Crippen LogP contribution in [0.4, 0.5) is 0 Å². The van der Waals surface area contributed by atoms with Crippen molar-refractivity contribution in [3.05, 3.63) is 24.8 Å². The Hall–Kier alpha value is -1.05. The predicted octanol–water partition coefficient (Wildman–Crippen LogP) is 2.37. The molecule has 0 heterocycles. The molecule has 0 radical (unpaired) electrons. The third-order valence-electron chi connectivity index (χ3n) is 1.23. The van der Waals surface area contributed by atoms with Crippen LogP contribution in [0.5, 0.6) is 0 Å². The number of hydrogen-bond donors (Lipinski definition) is 1. The van der Waals surface area contributed by atoms with Crippen molar-refractivity contribution in [3.8, 4) is 0 Å². The largest absolute Gasteiger partial charge is 0.481 e. The number of carboxylic acids is 1. The van der Waals surface area contributed by atoms with Crippen LogP contribution in [0.3, 0.4) is 0 Å². The maximum Gasteiger partial charge on any atom is 0.303 e. The minimum atomic E-state index is -0.738. The van der Waals surface area contributed by atoms with E-state index in [1.807, 2.05) is 18.2 Å². The van der Waals surface area contributed by atoms with E-state index in [1.165, 1.54) is 0 Å². The quantitative estimate of drug-likeness (QED) is 0.471. The second-order valence-corrected chi connectivity index (χ2v) is 2.27. The highest BCUT2D eigenvalue weighted by Crippen LogP contribution is 1.95. The van der Waals surface area contributed by atoms with Crippen molar-refractivity contribution in [2.75, 3.05) is 0 Å². The Morgan fingerprint density at radius 3 is 2.45 bits per heavy atom. The summed E-state index contributed by atoms with van der Waals surface area (Å²) in [6.07, 6.45) is 8.52. The molecule has 1 N–H and O–H groups in total. The molecule has 0 atom stereocenters. The summed E-state index contributed by atoms with van der Waals surface area (Å²) in [6, 6.07) is 0. The van der Waals surface area contributed by atoms with Crippen LogP contribution >= 0.6 is 0 Å². The van der Waals surface area contributed by atoms with E-state index >= 15 is 0 Å². The van der Waals surface area contributed by atoms with E-state index in [0.717, 1.165) is 12.8 Å². The van der Waals surface area contributed by atoms with Gasteiger partial charge >= 0.3 is 5.97 Å². The Labute approximate surface area is 67.2 Å². The highest BCUT2D eigenvalue weighted by Gasteiger charge is 1.90. The summed E-state index contributed by atoms with van der Waals surface area (Å²) in [5, 5.41) is 8.27. The second-order valence-electron chi connectivity index (χ2n) is 2.27. The van der Waals surface area contributed by atoms with E-state index in [-0.39, 0.29) is 6.42 Å². The van der Waals surface area contributed by atoms with Gasteiger partial charge in [0.25, 0.3) is 0 Å². The topological polar surface area (TPSA) is 37.3 Å². The molecule has 0 aromatic rings. The Kier molecular flexibility index (Phi) is 6.39. The smallest absolute Gasteiger partial charge is 0.303 e. The summed E-state index contributed by atoms with van der Waals surface area (Å²) in [7, 11) is 0. The average molecular weight is 154 g/mol. The minimum absolute atomic E-state index is 0.227. The highest BCUT2D eigenvalue weighted by molar-refractivity contribution is 5.66. The van der Waals surface area contributed by atoms with Gasteiger partial charge in [0.15, 0.2) is 0 Å². The zero-order valence-corrected chi connectivity index (χ0v) is 6.62. The number of unbranched alkanes of at least 4 members (excludes halogenated alkanes) is 1. The fraction of sp³-hybridized carbons (Fsp3) is 0.444. The summed E-state index contributed by atoms with van der Waals surface area (Å²) in [5.74, 6) is -0.738. The molecule has 0 bridgehead atoms.